The maximum atomic E-state index is 12.7. The molecule has 0 atom stereocenters. The van der Waals surface area contributed by atoms with Crippen LogP contribution < -0.4 is 4.90 Å². The van der Waals surface area contributed by atoms with E-state index in [9.17, 15) is 8.78 Å². The Morgan fingerprint density at radius 1 is 1.00 bits per heavy atom. The second-order valence-corrected chi connectivity index (χ2v) is 6.43. The topological polar surface area (TPSA) is 32.3 Å². The van der Waals surface area contributed by atoms with Crippen LogP contribution in [0, 0.1) is 0 Å². The van der Waals surface area contributed by atoms with Gasteiger partial charge in [-0.2, -0.15) is 0 Å². The molecule has 1 aliphatic rings. The number of aromatic nitrogens is 2. The molecule has 3 rings (SSSR count). The third-order valence-corrected chi connectivity index (χ3v) is 4.72. The van der Waals surface area contributed by atoms with Crippen LogP contribution >= 0.6 is 23.2 Å². The highest BCUT2D eigenvalue weighted by Gasteiger charge is 2.20. The minimum atomic E-state index is -2.58. The van der Waals surface area contributed by atoms with E-state index < -0.39 is 6.43 Å². The van der Waals surface area contributed by atoms with Crippen molar-refractivity contribution in [3.8, 4) is 0 Å². The summed E-state index contributed by atoms with van der Waals surface area (Å²) in [7, 11) is 0. The first-order chi connectivity index (χ1) is 11.5. The summed E-state index contributed by atoms with van der Waals surface area (Å²) in [5.41, 5.74) is 0.859. The average molecular weight is 373 g/mol. The molecule has 1 saturated heterocycles. The number of alkyl halides is 2. The van der Waals surface area contributed by atoms with E-state index in [2.05, 4.69) is 14.9 Å². The molecule has 0 radical (unpaired) electrons. The molecule has 2 heterocycles. The number of anilines is 1. The van der Waals surface area contributed by atoms with E-state index in [-0.39, 0.29) is 5.69 Å². The fourth-order valence-corrected chi connectivity index (χ4v) is 3.01. The molecule has 8 heteroatoms. The Hall–Kier alpha value is -1.50. The standard InChI is InChI=1S/C16H16Cl2F2N4/c17-12-2-1-11(7-13(12)18)9-23-3-5-24(6-4-23)15-8-14(16(19)20)21-10-22-15/h1-2,7-8,10,16H,3-6,9H2. The van der Waals surface area contributed by atoms with Crippen molar-refractivity contribution in [1.82, 2.24) is 14.9 Å². The molecule has 128 valence electrons. The number of rotatable bonds is 4. The van der Waals surface area contributed by atoms with Crippen molar-refractivity contribution < 1.29 is 8.78 Å². The van der Waals surface area contributed by atoms with Crippen molar-refractivity contribution in [3.05, 3.63) is 51.9 Å². The Bertz CT molecular complexity index is 706. The summed E-state index contributed by atoms with van der Waals surface area (Å²) in [5, 5.41) is 1.09. The molecule has 24 heavy (non-hydrogen) atoms. The highest BCUT2D eigenvalue weighted by molar-refractivity contribution is 6.42. The third kappa shape index (κ3) is 4.12. The van der Waals surface area contributed by atoms with Crippen LogP contribution in [0.1, 0.15) is 17.7 Å². The summed E-state index contributed by atoms with van der Waals surface area (Å²) < 4.78 is 25.5. The molecule has 0 bridgehead atoms. The first-order valence-electron chi connectivity index (χ1n) is 7.54. The number of piperazine rings is 1. The third-order valence-electron chi connectivity index (χ3n) is 3.98. The lowest BCUT2D eigenvalue weighted by atomic mass is 10.2. The lowest BCUT2D eigenvalue weighted by Crippen LogP contribution is -2.46. The van der Waals surface area contributed by atoms with Gasteiger partial charge in [0.05, 0.1) is 10.0 Å². The Morgan fingerprint density at radius 3 is 2.42 bits per heavy atom. The molecule has 1 aromatic carbocycles. The molecule has 1 fully saturated rings. The molecule has 0 unspecified atom stereocenters. The molecule has 1 aromatic heterocycles. The van der Waals surface area contributed by atoms with Crippen LogP contribution in [0.5, 0.6) is 0 Å². The second-order valence-electron chi connectivity index (χ2n) is 5.61. The van der Waals surface area contributed by atoms with Gasteiger partial charge in [0.15, 0.2) is 0 Å². The highest BCUT2D eigenvalue weighted by atomic mass is 35.5. The summed E-state index contributed by atoms with van der Waals surface area (Å²) in [5.74, 6) is 0.550. The maximum Gasteiger partial charge on any atom is 0.280 e. The molecule has 4 nitrogen and oxygen atoms in total. The molecule has 0 aliphatic carbocycles. The number of nitrogens with zero attached hydrogens (tertiary/aromatic N) is 4. The van der Waals surface area contributed by atoms with Gasteiger partial charge in [-0.1, -0.05) is 29.3 Å². The second kappa shape index (κ2) is 7.59. The minimum absolute atomic E-state index is 0.238. The Balaban J connectivity index is 1.59. The first-order valence-corrected chi connectivity index (χ1v) is 8.30. The van der Waals surface area contributed by atoms with Crippen molar-refractivity contribution in [2.75, 3.05) is 31.1 Å². The van der Waals surface area contributed by atoms with Gasteiger partial charge in [-0.3, -0.25) is 4.90 Å². The molecule has 1 aliphatic heterocycles. The van der Waals surface area contributed by atoms with Gasteiger partial charge in [0.2, 0.25) is 0 Å². The van der Waals surface area contributed by atoms with Crippen molar-refractivity contribution >= 4 is 29.0 Å². The summed E-state index contributed by atoms with van der Waals surface area (Å²) in [4.78, 5) is 12.0. The SMILES string of the molecule is FC(F)c1cc(N2CCN(Cc3ccc(Cl)c(Cl)c3)CC2)ncn1. The van der Waals surface area contributed by atoms with E-state index in [0.717, 1.165) is 38.3 Å². The molecule has 0 spiro atoms. The van der Waals surface area contributed by atoms with Gasteiger partial charge in [0.25, 0.3) is 6.43 Å². The summed E-state index contributed by atoms with van der Waals surface area (Å²) in [6, 6.07) is 6.98. The van der Waals surface area contributed by atoms with Crippen LogP contribution in [-0.2, 0) is 6.54 Å². The van der Waals surface area contributed by atoms with Gasteiger partial charge < -0.3 is 4.90 Å². The largest absolute Gasteiger partial charge is 0.354 e. The van der Waals surface area contributed by atoms with E-state index in [4.69, 9.17) is 23.2 Å². The van der Waals surface area contributed by atoms with E-state index in [1.54, 1.807) is 6.07 Å². The number of hydrogen-bond acceptors (Lipinski definition) is 4. The van der Waals surface area contributed by atoms with E-state index >= 15 is 0 Å². The smallest absolute Gasteiger partial charge is 0.280 e. The average Bonchev–Trinajstić information content (AvgIpc) is 2.59. The normalized spacial score (nSPS) is 16.0. The summed E-state index contributed by atoms with van der Waals surface area (Å²) in [6.07, 6.45) is -1.39. The molecule has 0 saturated carbocycles. The van der Waals surface area contributed by atoms with Crippen molar-refractivity contribution in [3.63, 3.8) is 0 Å². The highest BCUT2D eigenvalue weighted by Crippen LogP contribution is 2.24. The zero-order chi connectivity index (χ0) is 17.1. The number of benzene rings is 1. The molecule has 0 N–H and O–H groups in total. The van der Waals surface area contributed by atoms with Crippen LogP contribution in [-0.4, -0.2) is 41.0 Å². The number of hydrogen-bond donors (Lipinski definition) is 0. The Morgan fingerprint density at radius 2 is 1.75 bits per heavy atom. The lowest BCUT2D eigenvalue weighted by Gasteiger charge is -2.35. The van der Waals surface area contributed by atoms with Crippen LogP contribution in [0.2, 0.25) is 10.0 Å². The van der Waals surface area contributed by atoms with Crippen molar-refractivity contribution in [2.24, 2.45) is 0 Å². The van der Waals surface area contributed by atoms with Crippen LogP contribution in [0.15, 0.2) is 30.6 Å². The molecular formula is C16H16Cl2F2N4. The van der Waals surface area contributed by atoms with Crippen molar-refractivity contribution in [2.45, 2.75) is 13.0 Å². The quantitative estimate of drug-likeness (QED) is 0.810. The monoisotopic (exact) mass is 372 g/mol. The van der Waals surface area contributed by atoms with Crippen LogP contribution in [0.25, 0.3) is 0 Å². The first kappa shape index (κ1) is 17.3. The van der Waals surface area contributed by atoms with Gasteiger partial charge >= 0.3 is 0 Å². The minimum Gasteiger partial charge on any atom is -0.354 e. The summed E-state index contributed by atoms with van der Waals surface area (Å²) in [6.45, 7) is 3.85. The van der Waals surface area contributed by atoms with Gasteiger partial charge in [-0.15, -0.1) is 0 Å². The van der Waals surface area contributed by atoms with E-state index in [1.807, 2.05) is 17.0 Å². The van der Waals surface area contributed by atoms with Crippen molar-refractivity contribution in [1.29, 1.82) is 0 Å². The Labute approximate surface area is 149 Å². The van der Waals surface area contributed by atoms with Crippen LogP contribution in [0.3, 0.4) is 0 Å². The number of halogens is 4. The lowest BCUT2D eigenvalue weighted by molar-refractivity contribution is 0.146. The molecule has 0 amide bonds. The van der Waals surface area contributed by atoms with E-state index in [1.165, 1.54) is 12.4 Å². The fraction of sp³-hybridized carbons (Fsp3) is 0.375. The van der Waals surface area contributed by atoms with E-state index in [0.29, 0.717) is 15.9 Å². The maximum absolute atomic E-state index is 12.7. The zero-order valence-corrected chi connectivity index (χ0v) is 14.3. The van der Waals surface area contributed by atoms with Gasteiger partial charge in [-0.25, -0.2) is 18.7 Å². The van der Waals surface area contributed by atoms with Gasteiger partial charge in [-0.05, 0) is 17.7 Å². The van der Waals surface area contributed by atoms with Crippen LogP contribution in [0.4, 0.5) is 14.6 Å². The fourth-order valence-electron chi connectivity index (χ4n) is 2.69. The predicted octanol–water partition coefficient (Wildman–Crippen LogP) is 4.04. The van der Waals surface area contributed by atoms with Gasteiger partial charge in [0.1, 0.15) is 17.8 Å². The molecule has 2 aromatic rings. The molecular weight excluding hydrogens is 357 g/mol. The summed E-state index contributed by atoms with van der Waals surface area (Å²) >= 11 is 12.0. The zero-order valence-electron chi connectivity index (χ0n) is 12.8. The Kier molecular flexibility index (Phi) is 5.48. The predicted molar refractivity (Wildman–Crippen MR) is 90.9 cm³/mol. The van der Waals surface area contributed by atoms with Gasteiger partial charge in [0, 0.05) is 38.8 Å².